The van der Waals surface area contributed by atoms with Crippen molar-refractivity contribution in [3.63, 3.8) is 0 Å². The Labute approximate surface area is 165 Å². The van der Waals surface area contributed by atoms with Gasteiger partial charge >= 0.3 is 0 Å². The Hall–Kier alpha value is -2.62. The van der Waals surface area contributed by atoms with Crippen LogP contribution in [0.3, 0.4) is 0 Å². The molecule has 2 aliphatic heterocycles. The molecule has 4 rings (SSSR count). The molecule has 1 unspecified atom stereocenters. The van der Waals surface area contributed by atoms with E-state index in [0.717, 1.165) is 0 Å². The van der Waals surface area contributed by atoms with Crippen LogP contribution >= 0.6 is 11.8 Å². The monoisotopic (exact) mass is 406 g/mol. The minimum Gasteiger partial charge on any atom is -0.479 e. The van der Waals surface area contributed by atoms with Gasteiger partial charge in [-0.3, -0.25) is 0 Å². The lowest BCUT2D eigenvalue weighted by Gasteiger charge is -2.34. The highest BCUT2D eigenvalue weighted by molar-refractivity contribution is 8.13. The van der Waals surface area contributed by atoms with Crippen molar-refractivity contribution in [3.8, 4) is 5.88 Å². The zero-order valence-electron chi connectivity index (χ0n) is 15.4. The molecule has 0 amide bonds. The molecule has 10 heteroatoms. The third-order valence-corrected chi connectivity index (χ3v) is 6.15. The lowest BCUT2D eigenvalue weighted by molar-refractivity contribution is 0.364. The number of hydrogen-bond acceptors (Lipinski definition) is 8. The van der Waals surface area contributed by atoms with E-state index in [9.17, 15) is 8.78 Å². The van der Waals surface area contributed by atoms with Crippen molar-refractivity contribution in [1.29, 1.82) is 0 Å². The van der Waals surface area contributed by atoms with Crippen LogP contribution in [0.5, 0.6) is 5.88 Å². The Morgan fingerprint density at radius 2 is 2.07 bits per heavy atom. The fourth-order valence-corrected chi connectivity index (χ4v) is 4.80. The molecule has 2 aromatic rings. The van der Waals surface area contributed by atoms with Gasteiger partial charge in [0.1, 0.15) is 11.4 Å². The molecule has 4 N–H and O–H groups in total. The second-order valence-corrected chi connectivity index (χ2v) is 7.97. The molecule has 2 atom stereocenters. The highest BCUT2D eigenvalue weighted by atomic mass is 32.2. The zero-order chi connectivity index (χ0) is 20.1. The summed E-state index contributed by atoms with van der Waals surface area (Å²) in [5.41, 5.74) is 12.1. The van der Waals surface area contributed by atoms with E-state index in [4.69, 9.17) is 16.2 Å². The van der Waals surface area contributed by atoms with Gasteiger partial charge in [-0.2, -0.15) is 9.37 Å². The highest BCUT2D eigenvalue weighted by Crippen LogP contribution is 2.47. The number of ether oxygens (including phenoxy) is 1. The van der Waals surface area contributed by atoms with Gasteiger partial charge in [-0.05, 0) is 25.1 Å². The molecule has 1 saturated heterocycles. The number of nitrogen functional groups attached to an aromatic ring is 1. The molecule has 7 nitrogen and oxygen atoms in total. The highest BCUT2D eigenvalue weighted by Gasteiger charge is 2.52. The van der Waals surface area contributed by atoms with Crippen molar-refractivity contribution >= 4 is 28.6 Å². The molecule has 28 heavy (non-hydrogen) atoms. The van der Waals surface area contributed by atoms with Gasteiger partial charge in [0.2, 0.25) is 11.8 Å². The first kappa shape index (κ1) is 18.7. The number of thioether (sulfide) groups is 1. The molecular weight excluding hydrogens is 386 g/mol. The molecule has 1 aromatic heterocycles. The normalized spacial score (nSPS) is 24.1. The molecule has 0 saturated carbocycles. The Bertz CT molecular complexity index is 971. The molecule has 2 aliphatic rings. The largest absolute Gasteiger partial charge is 0.479 e. The first-order valence-electron chi connectivity index (χ1n) is 8.70. The first-order chi connectivity index (χ1) is 13.3. The van der Waals surface area contributed by atoms with Crippen LogP contribution in [0.1, 0.15) is 11.3 Å². The minimum absolute atomic E-state index is 0.0407. The van der Waals surface area contributed by atoms with E-state index >= 15 is 0 Å². The zero-order valence-corrected chi connectivity index (χ0v) is 16.3. The number of aromatic nitrogens is 2. The Kier molecular flexibility index (Phi) is 4.53. The quantitative estimate of drug-likeness (QED) is 0.752. The number of aliphatic imine (C=N–C) groups is 1. The van der Waals surface area contributed by atoms with Crippen LogP contribution in [0, 0.1) is 24.5 Å². The number of methoxy groups -OCH3 is 1. The first-order valence-corrected chi connectivity index (χ1v) is 9.69. The summed E-state index contributed by atoms with van der Waals surface area (Å²) in [5, 5.41) is 0.397. The molecule has 1 fully saturated rings. The molecule has 1 aromatic carbocycles. The maximum atomic E-state index is 14.8. The SMILES string of the molecule is COc1nc(N2CC3CSC(N)=N[C@@]3(c3cc(N)ccc3F)C2)nc(C)c1F. The number of nitrogens with zero attached hydrogens (tertiary/aromatic N) is 4. The Morgan fingerprint density at radius 3 is 2.82 bits per heavy atom. The predicted molar refractivity (Wildman–Crippen MR) is 106 cm³/mol. The van der Waals surface area contributed by atoms with Crippen molar-refractivity contribution in [2.45, 2.75) is 12.5 Å². The number of nitrogens with two attached hydrogens (primary N) is 2. The average molecular weight is 406 g/mol. The van der Waals surface area contributed by atoms with Gasteiger partial charge in [-0.1, -0.05) is 11.8 Å². The van der Waals surface area contributed by atoms with Crippen LogP contribution < -0.4 is 21.1 Å². The third kappa shape index (κ3) is 2.92. The summed E-state index contributed by atoms with van der Waals surface area (Å²) in [6.07, 6.45) is 0. The Balaban J connectivity index is 1.81. The van der Waals surface area contributed by atoms with E-state index in [1.54, 1.807) is 13.0 Å². The van der Waals surface area contributed by atoms with Gasteiger partial charge in [0.25, 0.3) is 5.88 Å². The standard InChI is InChI=1S/C18H20F2N6OS/c1-9-14(20)15(27-2)24-17(23-9)26-6-10-7-28-16(22)25-18(10,8-26)12-5-11(21)3-4-13(12)19/h3-5,10H,6-8,21H2,1-2H3,(H2,22,25)/t10?,18-/m0/s1. The molecule has 0 aliphatic carbocycles. The molecule has 0 bridgehead atoms. The van der Waals surface area contributed by atoms with Crippen molar-refractivity contribution in [3.05, 3.63) is 41.1 Å². The van der Waals surface area contributed by atoms with Gasteiger partial charge in [-0.15, -0.1) is 0 Å². The maximum Gasteiger partial charge on any atom is 0.255 e. The molecule has 3 heterocycles. The smallest absolute Gasteiger partial charge is 0.255 e. The molecule has 0 spiro atoms. The van der Waals surface area contributed by atoms with Crippen LogP contribution in [0.25, 0.3) is 0 Å². The summed E-state index contributed by atoms with van der Waals surface area (Å²) in [4.78, 5) is 15.0. The fourth-order valence-electron chi connectivity index (χ4n) is 3.82. The summed E-state index contributed by atoms with van der Waals surface area (Å²) in [6, 6.07) is 4.46. The van der Waals surface area contributed by atoms with E-state index in [1.165, 1.54) is 31.0 Å². The molecule has 0 radical (unpaired) electrons. The second kappa shape index (κ2) is 6.77. The van der Waals surface area contributed by atoms with E-state index in [2.05, 4.69) is 15.0 Å². The lowest BCUT2D eigenvalue weighted by Crippen LogP contribution is -2.40. The topological polar surface area (TPSA) is 103 Å². The lowest BCUT2D eigenvalue weighted by atomic mass is 9.81. The van der Waals surface area contributed by atoms with Crippen LogP contribution in [0.15, 0.2) is 23.2 Å². The molecular formula is C18H20F2N6OS. The van der Waals surface area contributed by atoms with Crippen molar-refractivity contribution in [2.75, 3.05) is 36.6 Å². The number of aryl methyl sites for hydroxylation is 1. The molecule has 148 valence electrons. The van der Waals surface area contributed by atoms with Crippen molar-refractivity contribution in [1.82, 2.24) is 9.97 Å². The third-order valence-electron chi connectivity index (χ3n) is 5.20. The van der Waals surface area contributed by atoms with Crippen LogP contribution in [0.2, 0.25) is 0 Å². The Morgan fingerprint density at radius 1 is 1.29 bits per heavy atom. The number of fused-ring (bicyclic) bond motifs is 1. The number of halogens is 2. The minimum atomic E-state index is -0.909. The fraction of sp³-hybridized carbons (Fsp3) is 0.389. The van der Waals surface area contributed by atoms with Crippen LogP contribution in [0.4, 0.5) is 20.4 Å². The summed E-state index contributed by atoms with van der Waals surface area (Å²) >= 11 is 1.43. The van der Waals surface area contributed by atoms with Crippen molar-refractivity contribution < 1.29 is 13.5 Å². The van der Waals surface area contributed by atoms with Crippen LogP contribution in [-0.2, 0) is 5.54 Å². The summed E-state index contributed by atoms with van der Waals surface area (Å²) in [7, 11) is 1.35. The number of amidine groups is 1. The van der Waals surface area contributed by atoms with Gasteiger partial charge in [0.05, 0.1) is 19.3 Å². The second-order valence-electron chi connectivity index (χ2n) is 6.93. The maximum absolute atomic E-state index is 14.8. The van der Waals surface area contributed by atoms with Gasteiger partial charge < -0.3 is 21.1 Å². The summed E-state index contributed by atoms with van der Waals surface area (Å²) in [6.45, 7) is 2.37. The van der Waals surface area contributed by atoms with Gasteiger partial charge in [-0.25, -0.2) is 14.4 Å². The number of hydrogen-bond donors (Lipinski definition) is 2. The van der Waals surface area contributed by atoms with E-state index in [0.29, 0.717) is 41.2 Å². The van der Waals surface area contributed by atoms with E-state index in [-0.39, 0.29) is 17.5 Å². The van der Waals surface area contributed by atoms with Gasteiger partial charge in [0, 0.05) is 29.5 Å². The summed E-state index contributed by atoms with van der Waals surface area (Å²) < 4.78 is 33.9. The van der Waals surface area contributed by atoms with E-state index < -0.39 is 17.2 Å². The average Bonchev–Trinajstić information content (AvgIpc) is 3.05. The number of benzene rings is 1. The number of rotatable bonds is 3. The van der Waals surface area contributed by atoms with Crippen LogP contribution in [-0.4, -0.2) is 41.1 Å². The van der Waals surface area contributed by atoms with E-state index in [1.807, 2.05) is 4.90 Å². The predicted octanol–water partition coefficient (Wildman–Crippen LogP) is 2.05. The number of anilines is 2. The van der Waals surface area contributed by atoms with Crippen molar-refractivity contribution in [2.24, 2.45) is 16.6 Å². The summed E-state index contributed by atoms with van der Waals surface area (Å²) in [5.74, 6) is -0.180. The van der Waals surface area contributed by atoms with Gasteiger partial charge in [0.15, 0.2) is 5.17 Å².